The number of nitrogens with zero attached hydrogens (tertiary/aromatic N) is 4. The zero-order valence-corrected chi connectivity index (χ0v) is 8.96. The van der Waals surface area contributed by atoms with E-state index in [2.05, 4.69) is 15.3 Å². The normalized spacial score (nSPS) is 10.8. The number of benzene rings is 1. The van der Waals surface area contributed by atoms with Crippen molar-refractivity contribution in [2.45, 2.75) is 0 Å². The smallest absolute Gasteiger partial charge is 0.179 e. The fraction of sp³-hybridized carbons (Fsp3) is 0. The Morgan fingerprint density at radius 1 is 1.12 bits per heavy atom. The summed E-state index contributed by atoms with van der Waals surface area (Å²) in [6, 6.07) is 9.82. The van der Waals surface area contributed by atoms with Crippen LogP contribution in [0, 0.1) is 0 Å². The third-order valence-electron chi connectivity index (χ3n) is 2.30. The molecular weight excluding hydrogens is 224 g/mol. The largest absolute Gasteiger partial charge is 0.240 e. The molecule has 0 radical (unpaired) electrons. The Labute approximate surface area is 96.5 Å². The van der Waals surface area contributed by atoms with Gasteiger partial charge >= 0.3 is 0 Å². The van der Waals surface area contributed by atoms with Crippen LogP contribution in [0.15, 0.2) is 42.7 Å². The van der Waals surface area contributed by atoms with Crippen LogP contribution >= 0.6 is 11.6 Å². The molecule has 0 amide bonds. The summed E-state index contributed by atoms with van der Waals surface area (Å²) in [5.41, 5.74) is 1.65. The topological polar surface area (TPSA) is 43.6 Å². The van der Waals surface area contributed by atoms with Crippen LogP contribution in [0.25, 0.3) is 16.6 Å². The molecule has 0 aliphatic rings. The lowest BCUT2D eigenvalue weighted by atomic mass is 10.3. The maximum atomic E-state index is 5.91. The van der Waals surface area contributed by atoms with E-state index < -0.39 is 0 Å². The predicted molar refractivity (Wildman–Crippen MR) is 61.7 cm³/mol. The Balaban J connectivity index is 2.23. The lowest BCUT2D eigenvalue weighted by Crippen LogP contribution is -1.93. The van der Waals surface area contributed by atoms with Crippen LogP contribution in [0.2, 0.25) is 5.15 Å². The number of aromatic nitrogens is 4. The van der Waals surface area contributed by atoms with Gasteiger partial charge in [-0.3, -0.25) is 0 Å². The van der Waals surface area contributed by atoms with Crippen LogP contribution in [-0.2, 0) is 0 Å². The summed E-state index contributed by atoms with van der Waals surface area (Å²) in [4.78, 5) is 0. The van der Waals surface area contributed by atoms with Gasteiger partial charge in [0.05, 0.1) is 11.9 Å². The second-order valence-electron chi connectivity index (χ2n) is 3.35. The van der Waals surface area contributed by atoms with Crippen LogP contribution in [-0.4, -0.2) is 20.0 Å². The van der Waals surface area contributed by atoms with Gasteiger partial charge in [0.15, 0.2) is 5.15 Å². The fourth-order valence-electron chi connectivity index (χ4n) is 1.54. The Hall–Kier alpha value is -1.94. The molecule has 0 saturated carbocycles. The number of hydrogen-bond acceptors (Lipinski definition) is 3. The second kappa shape index (κ2) is 3.57. The minimum absolute atomic E-state index is 0.326. The van der Waals surface area contributed by atoms with Gasteiger partial charge in [-0.25, -0.2) is 4.68 Å². The van der Waals surface area contributed by atoms with Crippen molar-refractivity contribution in [3.05, 3.63) is 47.9 Å². The highest BCUT2D eigenvalue weighted by Gasteiger charge is 2.06. The van der Waals surface area contributed by atoms with Crippen molar-refractivity contribution in [2.24, 2.45) is 0 Å². The van der Waals surface area contributed by atoms with Gasteiger partial charge in [-0.15, -0.1) is 5.10 Å². The minimum atomic E-state index is 0.326. The Morgan fingerprint density at radius 2 is 1.94 bits per heavy atom. The Morgan fingerprint density at radius 3 is 2.69 bits per heavy atom. The molecule has 0 fully saturated rings. The van der Waals surface area contributed by atoms with Crippen molar-refractivity contribution >= 4 is 22.5 Å². The molecule has 0 unspecified atom stereocenters. The van der Waals surface area contributed by atoms with Crippen molar-refractivity contribution < 1.29 is 0 Å². The second-order valence-corrected chi connectivity index (χ2v) is 3.71. The molecule has 0 bridgehead atoms. The van der Waals surface area contributed by atoms with E-state index in [0.717, 1.165) is 11.1 Å². The van der Waals surface area contributed by atoms with E-state index in [1.54, 1.807) is 10.9 Å². The van der Waals surface area contributed by atoms with Gasteiger partial charge in [-0.1, -0.05) is 29.8 Å². The molecular formula is C11H7ClN4. The van der Waals surface area contributed by atoms with Crippen LogP contribution in [0.4, 0.5) is 0 Å². The summed E-state index contributed by atoms with van der Waals surface area (Å²) in [6.45, 7) is 0. The molecule has 4 nitrogen and oxygen atoms in total. The highest BCUT2D eigenvalue weighted by Crippen LogP contribution is 2.19. The summed E-state index contributed by atoms with van der Waals surface area (Å²) in [5, 5.41) is 13.1. The minimum Gasteiger partial charge on any atom is -0.240 e. The molecule has 5 heteroatoms. The lowest BCUT2D eigenvalue weighted by molar-refractivity contribution is 0.895. The zero-order chi connectivity index (χ0) is 11.0. The average Bonchev–Trinajstić information content (AvgIpc) is 2.76. The molecule has 0 N–H and O–H groups in total. The van der Waals surface area contributed by atoms with Crippen molar-refractivity contribution in [1.82, 2.24) is 20.0 Å². The van der Waals surface area contributed by atoms with Crippen LogP contribution < -0.4 is 0 Å². The molecule has 0 saturated heterocycles. The van der Waals surface area contributed by atoms with Gasteiger partial charge < -0.3 is 0 Å². The third kappa shape index (κ3) is 1.44. The average molecular weight is 231 g/mol. The third-order valence-corrected chi connectivity index (χ3v) is 2.56. The van der Waals surface area contributed by atoms with E-state index in [1.807, 2.05) is 36.5 Å². The summed E-state index contributed by atoms with van der Waals surface area (Å²) >= 11 is 5.91. The van der Waals surface area contributed by atoms with E-state index in [1.165, 1.54) is 0 Å². The van der Waals surface area contributed by atoms with Crippen molar-refractivity contribution in [1.29, 1.82) is 0 Å². The fourth-order valence-corrected chi connectivity index (χ4v) is 1.73. The number of hydrogen-bond donors (Lipinski definition) is 0. The van der Waals surface area contributed by atoms with Crippen molar-refractivity contribution in [2.75, 3.05) is 0 Å². The molecule has 16 heavy (non-hydrogen) atoms. The molecule has 78 valence electrons. The van der Waals surface area contributed by atoms with Gasteiger partial charge in [0.2, 0.25) is 0 Å². The first-order valence-electron chi connectivity index (χ1n) is 4.76. The van der Waals surface area contributed by atoms with Crippen LogP contribution in [0.5, 0.6) is 0 Å². The molecule has 0 atom stereocenters. The standard InChI is InChI=1S/C11H7ClN4/c12-11-10-8(6-13-14-11)7-16(15-10)9-4-2-1-3-5-9/h1-7H. The summed E-state index contributed by atoms with van der Waals surface area (Å²) in [7, 11) is 0. The van der Waals surface area contributed by atoms with Gasteiger partial charge in [-0.2, -0.15) is 10.2 Å². The first kappa shape index (κ1) is 9.30. The molecule has 3 rings (SSSR count). The number of fused-ring (bicyclic) bond motifs is 1. The van der Waals surface area contributed by atoms with E-state index in [-0.39, 0.29) is 0 Å². The summed E-state index contributed by atoms with van der Waals surface area (Å²) < 4.78 is 1.76. The molecule has 1 aromatic carbocycles. The molecule has 0 spiro atoms. The SMILES string of the molecule is Clc1nncc2cn(-c3ccccc3)nc12. The van der Waals surface area contributed by atoms with Gasteiger partial charge in [0.1, 0.15) is 5.52 Å². The first-order chi connectivity index (χ1) is 7.84. The number of halogens is 1. The zero-order valence-electron chi connectivity index (χ0n) is 8.21. The van der Waals surface area contributed by atoms with E-state index in [0.29, 0.717) is 10.7 Å². The molecule has 0 aliphatic carbocycles. The molecule has 0 aliphatic heterocycles. The maximum absolute atomic E-state index is 5.91. The molecule has 3 aromatic rings. The Kier molecular flexibility index (Phi) is 2.08. The predicted octanol–water partition coefficient (Wildman–Crippen LogP) is 2.47. The number of rotatable bonds is 1. The highest BCUT2D eigenvalue weighted by molar-refractivity contribution is 6.33. The van der Waals surface area contributed by atoms with Crippen molar-refractivity contribution in [3.63, 3.8) is 0 Å². The van der Waals surface area contributed by atoms with E-state index in [4.69, 9.17) is 11.6 Å². The highest BCUT2D eigenvalue weighted by atomic mass is 35.5. The van der Waals surface area contributed by atoms with E-state index in [9.17, 15) is 0 Å². The van der Waals surface area contributed by atoms with Crippen LogP contribution in [0.3, 0.4) is 0 Å². The first-order valence-corrected chi connectivity index (χ1v) is 5.14. The van der Waals surface area contributed by atoms with Crippen LogP contribution in [0.1, 0.15) is 0 Å². The monoisotopic (exact) mass is 230 g/mol. The van der Waals surface area contributed by atoms with Crippen molar-refractivity contribution in [3.8, 4) is 5.69 Å². The van der Waals surface area contributed by atoms with Gasteiger partial charge in [-0.05, 0) is 12.1 Å². The Bertz CT molecular complexity index is 633. The summed E-state index contributed by atoms with van der Waals surface area (Å²) in [6.07, 6.45) is 3.53. The van der Waals surface area contributed by atoms with Gasteiger partial charge in [0, 0.05) is 11.6 Å². The molecule has 2 aromatic heterocycles. The summed E-state index contributed by atoms with van der Waals surface area (Å²) in [5.74, 6) is 0. The maximum Gasteiger partial charge on any atom is 0.179 e. The lowest BCUT2D eigenvalue weighted by Gasteiger charge is -1.98. The quantitative estimate of drug-likeness (QED) is 0.645. The molecule has 2 heterocycles. The van der Waals surface area contributed by atoms with E-state index >= 15 is 0 Å². The number of para-hydroxylation sites is 1. The van der Waals surface area contributed by atoms with Gasteiger partial charge in [0.25, 0.3) is 0 Å².